The predicted molar refractivity (Wildman–Crippen MR) is 77.3 cm³/mol. The Hall–Kier alpha value is -1.36. The van der Waals surface area contributed by atoms with Crippen molar-refractivity contribution >= 4 is 22.4 Å². The summed E-state index contributed by atoms with van der Waals surface area (Å²) >= 11 is 1.54. The third-order valence-corrected chi connectivity index (χ3v) is 3.71. The summed E-state index contributed by atoms with van der Waals surface area (Å²) in [7, 11) is 0. The fourth-order valence-electron chi connectivity index (χ4n) is 1.55. The van der Waals surface area contributed by atoms with Crippen LogP contribution in [0.15, 0.2) is 12.2 Å². The van der Waals surface area contributed by atoms with Gasteiger partial charge in [-0.05, 0) is 27.2 Å². The molecule has 0 fully saturated rings. The zero-order valence-electron chi connectivity index (χ0n) is 11.5. The largest absolute Gasteiger partial charge is 0.322 e. The highest BCUT2D eigenvalue weighted by atomic mass is 32.1. The van der Waals surface area contributed by atoms with Crippen LogP contribution in [-0.2, 0) is 6.42 Å². The lowest BCUT2D eigenvalue weighted by molar-refractivity contribution is 0.218. The number of carbonyl (C=O) groups is 1. The van der Waals surface area contributed by atoms with Crippen LogP contribution in [0.1, 0.15) is 31.5 Å². The molecule has 0 aliphatic rings. The van der Waals surface area contributed by atoms with Gasteiger partial charge >= 0.3 is 6.03 Å². The van der Waals surface area contributed by atoms with E-state index in [4.69, 9.17) is 0 Å². The molecule has 1 aromatic heterocycles. The number of hydrogen-bond donors (Lipinski definition) is 1. The van der Waals surface area contributed by atoms with Gasteiger partial charge in [0, 0.05) is 13.1 Å². The summed E-state index contributed by atoms with van der Waals surface area (Å²) < 4.78 is 0. The van der Waals surface area contributed by atoms with E-state index in [0.717, 1.165) is 27.7 Å². The molecule has 1 N–H and O–H groups in total. The molecule has 0 atom stereocenters. The molecule has 0 aliphatic heterocycles. The van der Waals surface area contributed by atoms with Gasteiger partial charge in [0.05, 0.1) is 10.7 Å². The highest BCUT2D eigenvalue weighted by molar-refractivity contribution is 7.16. The molecular weight excluding hydrogens is 246 g/mol. The molecule has 4 nitrogen and oxygen atoms in total. The molecule has 0 radical (unpaired) electrons. The minimum Gasteiger partial charge on any atom is -0.321 e. The monoisotopic (exact) mass is 267 g/mol. The van der Waals surface area contributed by atoms with Gasteiger partial charge in [0.1, 0.15) is 5.00 Å². The van der Waals surface area contributed by atoms with Crippen LogP contribution in [0, 0.1) is 6.92 Å². The summed E-state index contributed by atoms with van der Waals surface area (Å²) in [5.74, 6) is 0. The number of aryl methyl sites for hydroxylation is 2. The fraction of sp³-hybridized carbons (Fsp3) is 0.538. The summed E-state index contributed by atoms with van der Waals surface area (Å²) in [5, 5.41) is 4.81. The van der Waals surface area contributed by atoms with Gasteiger partial charge in [-0.25, -0.2) is 9.78 Å². The molecule has 0 spiro atoms. The Kier molecular flexibility index (Phi) is 5.34. The predicted octanol–water partition coefficient (Wildman–Crippen LogP) is 3.44. The Bertz CT molecular complexity index is 439. The second kappa shape index (κ2) is 6.54. The van der Waals surface area contributed by atoms with Crippen molar-refractivity contribution in [2.75, 3.05) is 18.4 Å². The van der Waals surface area contributed by atoms with E-state index in [1.807, 2.05) is 20.8 Å². The minimum absolute atomic E-state index is 0.0881. The maximum Gasteiger partial charge on any atom is 0.322 e. The van der Waals surface area contributed by atoms with E-state index in [1.165, 1.54) is 0 Å². The Morgan fingerprint density at radius 1 is 1.50 bits per heavy atom. The molecule has 0 aliphatic carbocycles. The number of aromatic nitrogens is 1. The summed E-state index contributed by atoms with van der Waals surface area (Å²) in [6, 6.07) is -0.0881. The van der Waals surface area contributed by atoms with Gasteiger partial charge in [-0.1, -0.05) is 19.1 Å². The van der Waals surface area contributed by atoms with Gasteiger partial charge in [0.25, 0.3) is 0 Å². The quantitative estimate of drug-likeness (QED) is 0.831. The first-order valence-corrected chi connectivity index (χ1v) is 6.96. The van der Waals surface area contributed by atoms with Crippen molar-refractivity contribution in [2.45, 2.75) is 34.1 Å². The lowest BCUT2D eigenvalue weighted by Gasteiger charge is -2.20. The smallest absolute Gasteiger partial charge is 0.321 e. The van der Waals surface area contributed by atoms with E-state index in [2.05, 4.69) is 23.8 Å². The number of anilines is 1. The van der Waals surface area contributed by atoms with Gasteiger partial charge in [-0.3, -0.25) is 5.32 Å². The van der Waals surface area contributed by atoms with Gasteiger partial charge in [-0.2, -0.15) is 0 Å². The highest BCUT2D eigenvalue weighted by Crippen LogP contribution is 2.24. The molecule has 5 heteroatoms. The van der Waals surface area contributed by atoms with E-state index >= 15 is 0 Å². The number of hydrogen-bond acceptors (Lipinski definition) is 3. The van der Waals surface area contributed by atoms with Gasteiger partial charge in [0.2, 0.25) is 0 Å². The van der Waals surface area contributed by atoms with Crippen LogP contribution in [0.2, 0.25) is 0 Å². The Balaban J connectivity index is 2.72. The lowest BCUT2D eigenvalue weighted by atomic mass is 10.3. The maximum atomic E-state index is 12.1. The van der Waals surface area contributed by atoms with E-state index in [-0.39, 0.29) is 6.03 Å². The standard InChI is InChI=1S/C13H21N3OS/c1-6-11-14-10(5)12(18-11)15-13(17)16(7-2)8-9(3)4/h3,6-8H2,1-2,4-5H3,(H,15,17). The molecule has 18 heavy (non-hydrogen) atoms. The first-order valence-electron chi connectivity index (χ1n) is 6.14. The van der Waals surface area contributed by atoms with Crippen molar-refractivity contribution in [3.05, 3.63) is 22.9 Å². The zero-order chi connectivity index (χ0) is 13.7. The number of rotatable bonds is 5. The molecule has 100 valence electrons. The summed E-state index contributed by atoms with van der Waals surface area (Å²) in [4.78, 5) is 18.2. The van der Waals surface area contributed by atoms with Crippen molar-refractivity contribution in [2.24, 2.45) is 0 Å². The van der Waals surface area contributed by atoms with E-state index in [0.29, 0.717) is 13.1 Å². The molecule has 2 amide bonds. The molecule has 0 aromatic carbocycles. The number of nitrogens with one attached hydrogen (secondary N) is 1. The first kappa shape index (κ1) is 14.7. The number of carbonyl (C=O) groups excluding carboxylic acids is 1. The van der Waals surface area contributed by atoms with Crippen LogP contribution >= 0.6 is 11.3 Å². The lowest BCUT2D eigenvalue weighted by Crippen LogP contribution is -2.35. The van der Waals surface area contributed by atoms with Crippen LogP contribution in [-0.4, -0.2) is 29.0 Å². The van der Waals surface area contributed by atoms with Crippen molar-refractivity contribution in [3.8, 4) is 0 Å². The van der Waals surface area contributed by atoms with E-state index < -0.39 is 0 Å². The zero-order valence-corrected chi connectivity index (χ0v) is 12.4. The SMILES string of the molecule is C=C(C)CN(CC)C(=O)Nc1sc(CC)nc1C. The van der Waals surface area contributed by atoms with Crippen LogP contribution in [0.5, 0.6) is 0 Å². The van der Waals surface area contributed by atoms with E-state index in [9.17, 15) is 4.79 Å². The summed E-state index contributed by atoms with van der Waals surface area (Å²) in [6.07, 6.45) is 0.893. The highest BCUT2D eigenvalue weighted by Gasteiger charge is 2.15. The number of thiazole rings is 1. The van der Waals surface area contributed by atoms with Crippen LogP contribution in [0.25, 0.3) is 0 Å². The molecule has 1 rings (SSSR count). The van der Waals surface area contributed by atoms with Crippen LogP contribution < -0.4 is 5.32 Å². The van der Waals surface area contributed by atoms with E-state index in [1.54, 1.807) is 16.2 Å². The molecule has 0 saturated heterocycles. The number of nitrogens with zero attached hydrogens (tertiary/aromatic N) is 2. The number of amides is 2. The topological polar surface area (TPSA) is 45.2 Å². The van der Waals surface area contributed by atoms with Crippen LogP contribution in [0.4, 0.5) is 9.80 Å². The first-order chi connectivity index (χ1) is 8.47. The Morgan fingerprint density at radius 3 is 2.61 bits per heavy atom. The molecule has 0 saturated carbocycles. The number of urea groups is 1. The molecule has 1 heterocycles. The second-order valence-corrected chi connectivity index (χ2v) is 5.36. The van der Waals surface area contributed by atoms with Crippen LogP contribution in [0.3, 0.4) is 0 Å². The van der Waals surface area contributed by atoms with Gasteiger partial charge < -0.3 is 4.90 Å². The Morgan fingerprint density at radius 2 is 2.17 bits per heavy atom. The summed E-state index contributed by atoms with van der Waals surface area (Å²) in [6.45, 7) is 12.9. The molecular formula is C13H21N3OS. The third kappa shape index (κ3) is 3.84. The van der Waals surface area contributed by atoms with Crippen molar-refractivity contribution < 1.29 is 4.79 Å². The maximum absolute atomic E-state index is 12.1. The average molecular weight is 267 g/mol. The summed E-state index contributed by atoms with van der Waals surface area (Å²) in [5.41, 5.74) is 1.86. The van der Waals surface area contributed by atoms with Gasteiger partial charge in [0.15, 0.2) is 0 Å². The van der Waals surface area contributed by atoms with Crippen molar-refractivity contribution in [1.29, 1.82) is 0 Å². The Labute approximate surface area is 113 Å². The third-order valence-electron chi connectivity index (χ3n) is 2.49. The van der Waals surface area contributed by atoms with Gasteiger partial charge in [-0.15, -0.1) is 11.3 Å². The van der Waals surface area contributed by atoms with Crippen molar-refractivity contribution in [1.82, 2.24) is 9.88 Å². The molecule has 0 unspecified atom stereocenters. The molecule has 1 aromatic rings. The fourth-order valence-corrected chi connectivity index (χ4v) is 2.44. The normalized spacial score (nSPS) is 10.2. The second-order valence-electron chi connectivity index (χ2n) is 4.28. The average Bonchev–Trinajstić information content (AvgIpc) is 2.66. The molecule has 0 bridgehead atoms. The van der Waals surface area contributed by atoms with Crippen molar-refractivity contribution in [3.63, 3.8) is 0 Å². The minimum atomic E-state index is -0.0881. The number of likely N-dealkylation sites (N-methyl/N-ethyl adjacent to an activating group) is 1.